The van der Waals surface area contributed by atoms with Crippen LogP contribution in [0.2, 0.25) is 0 Å². The van der Waals surface area contributed by atoms with E-state index in [1.807, 2.05) is 6.07 Å². The van der Waals surface area contributed by atoms with Crippen molar-refractivity contribution < 1.29 is 17.9 Å². The van der Waals surface area contributed by atoms with Crippen molar-refractivity contribution in [3.8, 4) is 11.5 Å². The average molecular weight is 383 g/mol. The third-order valence-corrected chi connectivity index (χ3v) is 5.73. The first-order valence-electron chi connectivity index (χ1n) is 8.19. The van der Waals surface area contributed by atoms with Crippen molar-refractivity contribution in [3.63, 3.8) is 0 Å². The van der Waals surface area contributed by atoms with E-state index in [9.17, 15) is 8.42 Å². The fourth-order valence-electron chi connectivity index (χ4n) is 3.98. The van der Waals surface area contributed by atoms with Gasteiger partial charge < -0.3 is 25.8 Å². The second-order valence-corrected chi connectivity index (χ2v) is 8.30. The Morgan fingerprint density at radius 2 is 1.85 bits per heavy atom. The molecular formula is C16H25N5O4S. The van der Waals surface area contributed by atoms with E-state index in [-0.39, 0.29) is 11.5 Å². The monoisotopic (exact) mass is 383 g/mol. The molecule has 26 heavy (non-hydrogen) atoms. The molecule has 0 atom stereocenters. The lowest BCUT2D eigenvalue weighted by Crippen LogP contribution is -2.66. The summed E-state index contributed by atoms with van der Waals surface area (Å²) in [5.74, 6) is 1.13. The molecule has 1 aromatic rings. The SMILES string of the molecule is COc1cc(N)c(/C(=C\N)N2CC3(CC(NS(N)(=O)=O)C3)C2)cc1OC. The topological polar surface area (TPSA) is 146 Å². The number of benzene rings is 1. The Labute approximate surface area is 153 Å². The predicted molar refractivity (Wildman–Crippen MR) is 99.4 cm³/mol. The summed E-state index contributed by atoms with van der Waals surface area (Å²) >= 11 is 0. The quantitative estimate of drug-likeness (QED) is 0.498. The molecule has 0 radical (unpaired) electrons. The van der Waals surface area contributed by atoms with Crippen LogP contribution in [0, 0.1) is 5.41 Å². The minimum Gasteiger partial charge on any atom is -0.493 e. The number of methoxy groups -OCH3 is 2. The Hall–Kier alpha value is -2.17. The highest BCUT2D eigenvalue weighted by Gasteiger charge is 2.53. The normalized spacial score (nSPS) is 19.8. The molecule has 7 N–H and O–H groups in total. The van der Waals surface area contributed by atoms with E-state index in [4.69, 9.17) is 26.1 Å². The second kappa shape index (κ2) is 6.53. The predicted octanol–water partition coefficient (Wildman–Crippen LogP) is -0.199. The number of rotatable bonds is 6. The molecule has 1 saturated carbocycles. The van der Waals surface area contributed by atoms with Crippen LogP contribution >= 0.6 is 0 Å². The Bertz CT molecular complexity index is 825. The first-order chi connectivity index (χ1) is 12.2. The van der Waals surface area contributed by atoms with Gasteiger partial charge in [-0.15, -0.1) is 0 Å². The van der Waals surface area contributed by atoms with Crippen molar-refractivity contribution in [3.05, 3.63) is 23.9 Å². The summed E-state index contributed by atoms with van der Waals surface area (Å²) in [6.07, 6.45) is 3.06. The minimum atomic E-state index is -3.65. The van der Waals surface area contributed by atoms with Crippen LogP contribution in [-0.2, 0) is 10.2 Å². The van der Waals surface area contributed by atoms with Crippen LogP contribution in [0.25, 0.3) is 5.70 Å². The fourth-order valence-corrected chi connectivity index (χ4v) is 4.61. The van der Waals surface area contributed by atoms with Gasteiger partial charge in [-0.3, -0.25) is 0 Å². The Morgan fingerprint density at radius 3 is 2.35 bits per heavy atom. The minimum absolute atomic E-state index is 0.0939. The van der Waals surface area contributed by atoms with Crippen LogP contribution in [0.4, 0.5) is 5.69 Å². The highest BCUT2D eigenvalue weighted by molar-refractivity contribution is 7.87. The Morgan fingerprint density at radius 1 is 1.27 bits per heavy atom. The number of hydrogen-bond acceptors (Lipinski definition) is 7. The number of likely N-dealkylation sites (tertiary alicyclic amines) is 1. The molecule has 3 rings (SSSR count). The second-order valence-electron chi connectivity index (χ2n) is 6.97. The highest BCUT2D eigenvalue weighted by atomic mass is 32.2. The van der Waals surface area contributed by atoms with Crippen molar-refractivity contribution in [2.45, 2.75) is 18.9 Å². The summed E-state index contributed by atoms with van der Waals surface area (Å²) in [5, 5.41) is 5.02. The van der Waals surface area contributed by atoms with E-state index in [0.29, 0.717) is 17.2 Å². The zero-order valence-corrected chi connectivity index (χ0v) is 15.7. The Balaban J connectivity index is 1.70. The average Bonchev–Trinajstić information content (AvgIpc) is 2.50. The van der Waals surface area contributed by atoms with E-state index in [2.05, 4.69) is 9.62 Å². The van der Waals surface area contributed by atoms with Crippen molar-refractivity contribution in [1.29, 1.82) is 0 Å². The van der Waals surface area contributed by atoms with Crippen LogP contribution in [0.15, 0.2) is 18.3 Å². The molecule has 0 amide bonds. The van der Waals surface area contributed by atoms with Crippen LogP contribution in [0.3, 0.4) is 0 Å². The van der Waals surface area contributed by atoms with Gasteiger partial charge >= 0.3 is 0 Å². The lowest BCUT2D eigenvalue weighted by molar-refractivity contribution is -0.0414. The summed E-state index contributed by atoms with van der Waals surface area (Å²) < 4.78 is 35.3. The van der Waals surface area contributed by atoms with Gasteiger partial charge in [0.15, 0.2) is 11.5 Å². The third-order valence-electron chi connectivity index (χ3n) is 5.07. The molecule has 2 fully saturated rings. The molecule has 0 aromatic heterocycles. The van der Waals surface area contributed by atoms with Crippen LogP contribution < -0.4 is 30.8 Å². The van der Waals surface area contributed by atoms with Gasteiger partial charge in [0.05, 0.1) is 19.9 Å². The summed E-state index contributed by atoms with van der Waals surface area (Å²) in [5.41, 5.74) is 14.3. The van der Waals surface area contributed by atoms with Gasteiger partial charge in [0.2, 0.25) is 0 Å². The van der Waals surface area contributed by atoms with Gasteiger partial charge in [-0.2, -0.15) is 13.1 Å². The number of nitrogen functional groups attached to an aromatic ring is 1. The molecule has 144 valence electrons. The van der Waals surface area contributed by atoms with Crippen molar-refractivity contribution in [1.82, 2.24) is 9.62 Å². The molecule has 0 bridgehead atoms. The first-order valence-corrected chi connectivity index (χ1v) is 9.74. The highest BCUT2D eigenvalue weighted by Crippen LogP contribution is 2.51. The van der Waals surface area contributed by atoms with E-state index >= 15 is 0 Å². The molecule has 2 aliphatic rings. The molecule has 0 unspecified atom stereocenters. The molecule has 1 aromatic carbocycles. The molecular weight excluding hydrogens is 358 g/mol. The van der Waals surface area contributed by atoms with Gasteiger partial charge in [0.25, 0.3) is 10.2 Å². The largest absolute Gasteiger partial charge is 0.493 e. The van der Waals surface area contributed by atoms with Crippen molar-refractivity contribution in [2.24, 2.45) is 16.3 Å². The fraction of sp³-hybridized carbons (Fsp3) is 0.500. The smallest absolute Gasteiger partial charge is 0.274 e. The van der Waals surface area contributed by atoms with E-state index in [1.54, 1.807) is 20.3 Å². The van der Waals surface area contributed by atoms with Crippen LogP contribution in [0.1, 0.15) is 18.4 Å². The maximum atomic E-state index is 11.1. The molecule has 1 spiro atoms. The summed E-state index contributed by atoms with van der Waals surface area (Å²) in [6, 6.07) is 3.43. The van der Waals surface area contributed by atoms with Crippen LogP contribution in [-0.4, -0.2) is 46.7 Å². The van der Waals surface area contributed by atoms with Gasteiger partial charge in [0.1, 0.15) is 0 Å². The summed E-state index contributed by atoms with van der Waals surface area (Å²) in [6.45, 7) is 1.57. The van der Waals surface area contributed by atoms with E-state index in [1.165, 1.54) is 6.20 Å². The zero-order chi connectivity index (χ0) is 19.1. The summed E-state index contributed by atoms with van der Waals surface area (Å²) in [4.78, 5) is 2.13. The maximum absolute atomic E-state index is 11.1. The molecule has 1 aliphatic heterocycles. The number of anilines is 1. The standard InChI is InChI=1S/C16H25N5O4S/c1-24-14-3-11(12(18)4-15(14)25-2)13(7-17)21-8-16(9-21)5-10(6-16)20-26(19,22)23/h3-4,7,10,20H,5-6,8-9,17-18H2,1-2H3,(H2,19,22,23)/b13-7+. The maximum Gasteiger partial charge on any atom is 0.274 e. The molecule has 1 aliphatic carbocycles. The number of nitrogens with zero attached hydrogens (tertiary/aromatic N) is 1. The lowest BCUT2D eigenvalue weighted by atomic mass is 9.60. The van der Waals surface area contributed by atoms with Gasteiger partial charge in [0, 0.05) is 48.1 Å². The van der Waals surface area contributed by atoms with Crippen LogP contribution in [0.5, 0.6) is 11.5 Å². The zero-order valence-electron chi connectivity index (χ0n) is 14.9. The van der Waals surface area contributed by atoms with Gasteiger partial charge in [-0.25, -0.2) is 5.14 Å². The molecule has 1 heterocycles. The number of nitrogens with two attached hydrogens (primary N) is 3. The molecule has 1 saturated heterocycles. The van der Waals surface area contributed by atoms with E-state index < -0.39 is 10.2 Å². The Kier molecular flexibility index (Phi) is 4.67. The lowest BCUT2D eigenvalue weighted by Gasteiger charge is -2.60. The summed E-state index contributed by atoms with van der Waals surface area (Å²) in [7, 11) is -0.534. The third kappa shape index (κ3) is 3.39. The van der Waals surface area contributed by atoms with Crippen molar-refractivity contribution in [2.75, 3.05) is 33.0 Å². The van der Waals surface area contributed by atoms with Gasteiger partial charge in [-0.1, -0.05) is 0 Å². The molecule has 10 heteroatoms. The number of hydrogen-bond donors (Lipinski definition) is 4. The van der Waals surface area contributed by atoms with Crippen molar-refractivity contribution >= 4 is 21.6 Å². The van der Waals surface area contributed by atoms with Gasteiger partial charge in [-0.05, 0) is 18.9 Å². The first kappa shape index (κ1) is 18.6. The number of nitrogens with one attached hydrogen (secondary N) is 1. The number of ether oxygens (including phenoxy) is 2. The molecule has 9 nitrogen and oxygen atoms in total. The van der Waals surface area contributed by atoms with E-state index in [0.717, 1.165) is 37.2 Å².